The molecule has 1 heterocycles. The maximum atomic E-state index is 14.1. The first-order valence-corrected chi connectivity index (χ1v) is 10.1. The van der Waals surface area contributed by atoms with E-state index in [-0.39, 0.29) is 17.9 Å². The van der Waals surface area contributed by atoms with Crippen LogP contribution in [0.4, 0.5) is 18.9 Å². The minimum atomic E-state index is -3.23. The predicted molar refractivity (Wildman–Crippen MR) is 115 cm³/mol. The van der Waals surface area contributed by atoms with Crippen molar-refractivity contribution in [3.8, 4) is 5.75 Å². The van der Waals surface area contributed by atoms with E-state index in [1.165, 1.54) is 6.92 Å². The first-order chi connectivity index (χ1) is 16.0. The van der Waals surface area contributed by atoms with Crippen LogP contribution in [0.5, 0.6) is 5.75 Å². The molecule has 0 bridgehead atoms. The maximum absolute atomic E-state index is 14.1. The lowest BCUT2D eigenvalue weighted by molar-refractivity contribution is -0.141. The van der Waals surface area contributed by atoms with Gasteiger partial charge in [0.25, 0.3) is 0 Å². The van der Waals surface area contributed by atoms with Crippen molar-refractivity contribution in [2.45, 2.75) is 26.6 Å². The number of hydrogen-bond donors (Lipinski definition) is 2. The number of carbonyl (C=O) groups is 1. The van der Waals surface area contributed by atoms with Gasteiger partial charge in [-0.2, -0.15) is 8.78 Å². The average Bonchev–Trinajstić information content (AvgIpc) is 2.76. The summed E-state index contributed by atoms with van der Waals surface area (Å²) >= 11 is 5.89. The Balaban J connectivity index is 2.16. The number of aromatic amines is 1. The van der Waals surface area contributed by atoms with Crippen molar-refractivity contribution in [1.29, 1.82) is 0 Å². The zero-order chi connectivity index (χ0) is 25.0. The van der Waals surface area contributed by atoms with Crippen LogP contribution >= 0.6 is 11.6 Å². The molecular weight excluding hydrogens is 481 g/mol. The number of benzene rings is 2. The van der Waals surface area contributed by atoms with Gasteiger partial charge in [0.05, 0.1) is 18.2 Å². The second kappa shape index (κ2) is 10.4. The predicted octanol–water partition coefficient (Wildman–Crippen LogP) is 2.73. The van der Waals surface area contributed by atoms with Crippen LogP contribution in [0, 0.1) is 11.7 Å². The number of H-pyrrole nitrogens is 1. The number of aromatic nitrogens is 3. The summed E-state index contributed by atoms with van der Waals surface area (Å²) < 4.78 is 44.7. The molecule has 0 unspecified atom stereocenters. The van der Waals surface area contributed by atoms with E-state index in [2.05, 4.69) is 14.7 Å². The van der Waals surface area contributed by atoms with Crippen molar-refractivity contribution >= 4 is 23.3 Å². The summed E-state index contributed by atoms with van der Waals surface area (Å²) in [6.45, 7) is -2.39. The molecule has 2 N–H and O–H groups in total. The minimum Gasteiger partial charge on any atom is -0.481 e. The number of hydrogen-bond acceptors (Lipinski definition) is 5. The molecule has 0 fully saturated rings. The normalized spacial score (nSPS) is 12.7. The molecule has 0 aliphatic heterocycles. The molecule has 0 amide bonds. The summed E-state index contributed by atoms with van der Waals surface area (Å²) in [5.74, 6) is -4.07. The Labute approximate surface area is 194 Å². The average molecular weight is 499 g/mol. The van der Waals surface area contributed by atoms with Crippen LogP contribution in [0.2, 0.25) is 5.02 Å². The number of carboxylic acids is 1. The van der Waals surface area contributed by atoms with Crippen LogP contribution in [-0.2, 0) is 17.9 Å². The Morgan fingerprint density at radius 2 is 1.85 bits per heavy atom. The highest BCUT2D eigenvalue weighted by Crippen LogP contribution is 2.24. The van der Waals surface area contributed by atoms with E-state index in [1.807, 2.05) is 0 Å². The third kappa shape index (κ3) is 5.95. The summed E-state index contributed by atoms with van der Waals surface area (Å²) in [4.78, 5) is 43.3. The van der Waals surface area contributed by atoms with Gasteiger partial charge >= 0.3 is 24.0 Å². The lowest BCUT2D eigenvalue weighted by Crippen LogP contribution is -2.51. The van der Waals surface area contributed by atoms with Gasteiger partial charge < -0.3 is 9.84 Å². The molecule has 180 valence electrons. The summed E-state index contributed by atoms with van der Waals surface area (Å²) in [5, 5.41) is 9.60. The molecule has 0 aliphatic carbocycles. The highest BCUT2D eigenvalue weighted by atomic mass is 35.5. The van der Waals surface area contributed by atoms with Crippen molar-refractivity contribution in [3.05, 3.63) is 85.5 Å². The Hall–Kier alpha value is -3.80. The summed E-state index contributed by atoms with van der Waals surface area (Å²) in [5.41, 5.74) is -1.56. The summed E-state index contributed by atoms with van der Waals surface area (Å²) in [6, 6.07) is 9.31. The van der Waals surface area contributed by atoms with E-state index in [0.29, 0.717) is 15.2 Å². The van der Waals surface area contributed by atoms with Gasteiger partial charge in [-0.05, 0) is 29.8 Å². The number of nitrogens with zero attached hydrogens (tertiary/aromatic N) is 3. The Bertz CT molecular complexity index is 1380. The van der Waals surface area contributed by atoms with Crippen molar-refractivity contribution in [3.63, 3.8) is 0 Å². The van der Waals surface area contributed by atoms with E-state index in [9.17, 15) is 27.6 Å². The number of carboxylic acid groups (broad SMARTS) is 1. The Morgan fingerprint density at radius 1 is 1.18 bits per heavy atom. The van der Waals surface area contributed by atoms with Crippen LogP contribution in [0.1, 0.15) is 12.5 Å². The fourth-order valence-electron chi connectivity index (χ4n) is 2.94. The molecule has 0 saturated carbocycles. The first kappa shape index (κ1) is 24.8. The molecule has 0 spiro atoms. The third-order valence-corrected chi connectivity index (χ3v) is 4.93. The smallest absolute Gasteiger partial charge is 0.387 e. The lowest BCUT2D eigenvalue weighted by Gasteiger charge is -2.13. The number of alkyl halides is 2. The zero-order valence-corrected chi connectivity index (χ0v) is 18.3. The van der Waals surface area contributed by atoms with E-state index in [4.69, 9.17) is 16.7 Å². The van der Waals surface area contributed by atoms with Crippen molar-refractivity contribution in [2.24, 2.45) is 10.9 Å². The number of halogens is 4. The quantitative estimate of drug-likeness (QED) is 0.495. The molecule has 0 saturated heterocycles. The van der Waals surface area contributed by atoms with E-state index in [0.717, 1.165) is 22.8 Å². The standard InChI is InChI=1S/C21H18ClF3N4O5/c1-11(17(30)31)9-29-20(32)27-19(26-14-6-7-16(15(23)8-14)34-18(24)25)28(21(29)33)10-12-2-4-13(22)5-3-12/h2-8,11,18H,9-10H2,1H3,(H,30,31)(H,26,27,32)/t11-/m0/s1. The Morgan fingerprint density at radius 3 is 2.44 bits per heavy atom. The van der Waals surface area contributed by atoms with Crippen LogP contribution < -0.4 is 21.7 Å². The fraction of sp³-hybridized carbons (Fsp3) is 0.238. The third-order valence-electron chi connectivity index (χ3n) is 4.68. The molecule has 34 heavy (non-hydrogen) atoms. The van der Waals surface area contributed by atoms with Crippen LogP contribution in [0.3, 0.4) is 0 Å². The van der Waals surface area contributed by atoms with Gasteiger partial charge in [0.15, 0.2) is 11.6 Å². The van der Waals surface area contributed by atoms with Gasteiger partial charge in [0.2, 0.25) is 5.62 Å². The van der Waals surface area contributed by atoms with Gasteiger partial charge in [-0.15, -0.1) is 0 Å². The van der Waals surface area contributed by atoms with Gasteiger partial charge in [0.1, 0.15) is 0 Å². The molecule has 9 nitrogen and oxygen atoms in total. The SMILES string of the molecule is C[C@@H](Cn1c(=O)[nH]/c(=N\c2ccc(OC(F)F)c(F)c2)n(Cc2ccc(Cl)cc2)c1=O)C(=O)O. The molecular formula is C21H18ClF3N4O5. The molecule has 3 rings (SSSR count). The first-order valence-electron chi connectivity index (χ1n) is 9.75. The second-order valence-electron chi connectivity index (χ2n) is 7.20. The number of ether oxygens (including phenoxy) is 1. The van der Waals surface area contributed by atoms with Crippen molar-refractivity contribution < 1.29 is 27.8 Å². The van der Waals surface area contributed by atoms with E-state index >= 15 is 0 Å². The number of nitrogens with one attached hydrogen (secondary N) is 1. The van der Waals surface area contributed by atoms with Gasteiger partial charge in [-0.3, -0.25) is 14.3 Å². The molecule has 0 aliphatic rings. The van der Waals surface area contributed by atoms with Crippen LogP contribution in [0.25, 0.3) is 0 Å². The highest BCUT2D eigenvalue weighted by Gasteiger charge is 2.17. The van der Waals surface area contributed by atoms with Crippen molar-refractivity contribution in [2.75, 3.05) is 0 Å². The van der Waals surface area contributed by atoms with Crippen LogP contribution in [0.15, 0.2) is 57.0 Å². The van der Waals surface area contributed by atoms with Gasteiger partial charge in [-0.25, -0.2) is 23.5 Å². The van der Waals surface area contributed by atoms with E-state index in [1.54, 1.807) is 24.3 Å². The lowest BCUT2D eigenvalue weighted by atomic mass is 10.2. The summed E-state index contributed by atoms with van der Waals surface area (Å²) in [6.07, 6.45) is 0. The van der Waals surface area contributed by atoms with Crippen molar-refractivity contribution in [1.82, 2.24) is 14.1 Å². The minimum absolute atomic E-state index is 0.0951. The summed E-state index contributed by atoms with van der Waals surface area (Å²) in [7, 11) is 0. The van der Waals surface area contributed by atoms with Gasteiger partial charge in [0, 0.05) is 17.6 Å². The number of rotatable bonds is 8. The molecule has 13 heteroatoms. The molecule has 3 aromatic rings. The van der Waals surface area contributed by atoms with Gasteiger partial charge in [-0.1, -0.05) is 30.7 Å². The van der Waals surface area contributed by atoms with E-state index < -0.39 is 48.0 Å². The van der Waals surface area contributed by atoms with Crippen LogP contribution in [-0.4, -0.2) is 31.8 Å². The monoisotopic (exact) mass is 498 g/mol. The highest BCUT2D eigenvalue weighted by molar-refractivity contribution is 6.30. The molecule has 1 aromatic heterocycles. The topological polar surface area (TPSA) is 119 Å². The molecule has 2 aromatic carbocycles. The zero-order valence-electron chi connectivity index (χ0n) is 17.5. The Kier molecular flexibility index (Phi) is 7.61. The fourth-order valence-corrected chi connectivity index (χ4v) is 3.07. The maximum Gasteiger partial charge on any atom is 0.387 e. The molecule has 1 atom stereocenters. The largest absolute Gasteiger partial charge is 0.481 e. The second-order valence-corrected chi connectivity index (χ2v) is 7.64. The number of aliphatic carboxylic acids is 1. The molecule has 0 radical (unpaired) electrons.